The topological polar surface area (TPSA) is 256 Å². The summed E-state index contributed by atoms with van der Waals surface area (Å²) < 4.78 is 77.3. The molecule has 4 aliphatic carbocycles. The van der Waals surface area contributed by atoms with Crippen LogP contribution in [0.2, 0.25) is 0 Å². The second-order valence-electron chi connectivity index (χ2n) is 29.2. The van der Waals surface area contributed by atoms with Crippen LogP contribution in [0.25, 0.3) is 0 Å². The third-order valence-electron chi connectivity index (χ3n) is 21.9. The lowest BCUT2D eigenvalue weighted by Gasteiger charge is -2.61. The number of ether oxygens (including phenoxy) is 4. The van der Waals surface area contributed by atoms with Gasteiger partial charge < -0.3 is 34.5 Å². The molecule has 0 bridgehead atoms. The smallest absolute Gasteiger partial charge is 0.463 e. The first-order valence-electron chi connectivity index (χ1n) is 37.9. The number of fused-ring (bicyclic) bond motifs is 5. The number of hydrogen-bond donors (Lipinski definition) is 4. The molecular weight excluding hydrogens is 1220 g/mol. The molecule has 4 aliphatic rings. The van der Waals surface area contributed by atoms with Crippen LogP contribution in [-0.2, 0) is 66.7 Å². The van der Waals surface area contributed by atoms with Gasteiger partial charge in [0.05, 0.1) is 38.1 Å². The van der Waals surface area contributed by atoms with Gasteiger partial charge in [0.1, 0.15) is 13.2 Å². The van der Waals surface area contributed by atoms with Crippen LogP contribution in [-0.4, -0.2) is 112 Å². The lowest BCUT2D eigenvalue weighted by atomic mass is 9.44. The Morgan fingerprint density at radius 1 is 0.527 bits per heavy atom. The molecule has 0 aliphatic heterocycles. The van der Waals surface area contributed by atoms with Gasteiger partial charge in [0.2, 0.25) is 11.8 Å². The van der Waals surface area contributed by atoms with E-state index >= 15 is 0 Å². The molecule has 0 aromatic carbocycles. The van der Waals surface area contributed by atoms with Gasteiger partial charge in [-0.3, -0.25) is 37.6 Å². The first-order chi connectivity index (χ1) is 44.7. The number of unbranched alkanes of at least 4 members (excludes halogenated alkanes) is 28. The van der Waals surface area contributed by atoms with Crippen LogP contribution in [0.1, 0.15) is 324 Å². The van der Waals surface area contributed by atoms with Crippen LogP contribution in [0.5, 0.6) is 0 Å². The summed E-state index contributed by atoms with van der Waals surface area (Å²) >= 11 is 0. The van der Waals surface area contributed by atoms with E-state index in [4.69, 9.17) is 32.5 Å². The largest absolute Gasteiger partial charge is 0.472 e. The average Bonchev–Trinajstić information content (AvgIpc) is 1.70. The van der Waals surface area contributed by atoms with Crippen LogP contribution >= 0.6 is 7.82 Å². The van der Waals surface area contributed by atoms with Crippen molar-refractivity contribution in [2.45, 2.75) is 336 Å². The van der Waals surface area contributed by atoms with Crippen molar-refractivity contribution in [3.05, 3.63) is 0 Å². The zero-order chi connectivity index (χ0) is 67.6. The highest BCUT2D eigenvalue weighted by molar-refractivity contribution is 7.85. The Labute approximate surface area is 564 Å². The van der Waals surface area contributed by atoms with E-state index in [1.54, 1.807) is 0 Å². The predicted octanol–water partition coefficient (Wildman–Crippen LogP) is 17.0. The van der Waals surface area contributed by atoms with Gasteiger partial charge in [0.25, 0.3) is 10.1 Å². The lowest BCUT2D eigenvalue weighted by molar-refractivity contribution is -0.161. The molecule has 18 nitrogen and oxygen atoms in total. The highest BCUT2D eigenvalue weighted by atomic mass is 32.2. The second-order valence-corrected chi connectivity index (χ2v) is 32.2. The van der Waals surface area contributed by atoms with Crippen LogP contribution in [0, 0.1) is 46.3 Å². The predicted molar refractivity (Wildman–Crippen MR) is 368 cm³/mol. The number of phosphoric acid groups is 1. The molecule has 0 aromatic heterocycles. The molecule has 4 rings (SSSR count). The van der Waals surface area contributed by atoms with Crippen molar-refractivity contribution in [1.82, 2.24) is 10.6 Å². The Morgan fingerprint density at radius 3 is 1.58 bits per heavy atom. The number of phosphoric ester groups is 1. The molecule has 542 valence electrons. The van der Waals surface area contributed by atoms with Gasteiger partial charge in [-0.2, -0.15) is 8.42 Å². The molecule has 0 spiro atoms. The summed E-state index contributed by atoms with van der Waals surface area (Å²) in [5.41, 5.74) is 0.505. The molecule has 4 fully saturated rings. The second kappa shape index (κ2) is 47.3. The third kappa shape index (κ3) is 34.6. The Kier molecular flexibility index (Phi) is 42.1. The molecule has 0 saturated heterocycles. The van der Waals surface area contributed by atoms with Crippen molar-refractivity contribution < 1.29 is 74.4 Å². The van der Waals surface area contributed by atoms with Crippen LogP contribution < -0.4 is 10.6 Å². The standard InChI is InChI=1S/C73H133N2O16PS/c1-6-8-10-12-14-16-18-20-22-24-26-28-30-32-34-36-69(78)88-57-62(91-71(80)37-35-33-31-29-27-25-23-21-19-17-15-13-11-9-7-2)58-90-92(81,82)89-52-50-74-68(77)44-45-70(79)87-54-53-86-61-46-48-72(4)60(56-61)39-40-63-65-42-41-64(73(65,5)49-47-66(63)72)59(3)38-43-67(76)75-51-55-93(83,84)85/h59-66H,6-58H2,1-5H3,(H,74,77)(H,75,76)(H,81,82)(H,83,84,85)/t59-,60?,61+,62?,63+,64-,65+,66+,72+,73-/m1/s1. The maximum Gasteiger partial charge on any atom is 0.472 e. The van der Waals surface area contributed by atoms with E-state index in [9.17, 15) is 41.8 Å². The summed E-state index contributed by atoms with van der Waals surface area (Å²) in [6.45, 7) is 10.7. The Hall–Kier alpha value is -2.67. The number of hydrogen-bond acceptors (Lipinski definition) is 14. The molecule has 0 heterocycles. The van der Waals surface area contributed by atoms with E-state index in [1.807, 2.05) is 0 Å². The summed E-state index contributed by atoms with van der Waals surface area (Å²) in [5, 5.41) is 5.22. The van der Waals surface area contributed by atoms with Crippen molar-refractivity contribution in [3.63, 3.8) is 0 Å². The molecule has 4 saturated carbocycles. The SMILES string of the molecule is CCCCCCCCCCCCCCCCCC(=O)OCC(COP(=O)(O)OCCNC(=O)CCC(=O)OCCO[C@H]1CC[C@@]2(C)C(CC[C@H]3[C@@H]4CC[C@H]([C@H](C)CCC(=O)NCCS(=O)(=O)O)[C@@]4(C)CC[C@@H]32)C1)OC(=O)CCCCCCCCCCCCCCCCC. The van der Waals surface area contributed by atoms with Gasteiger partial charge in [0, 0.05) is 38.8 Å². The molecule has 0 aromatic rings. The van der Waals surface area contributed by atoms with Crippen LogP contribution in [0.4, 0.5) is 0 Å². The van der Waals surface area contributed by atoms with Gasteiger partial charge in [-0.1, -0.05) is 214 Å². The molecule has 20 heteroatoms. The summed E-state index contributed by atoms with van der Waals surface area (Å²) in [7, 11) is -8.80. The fourth-order valence-electron chi connectivity index (χ4n) is 16.5. The zero-order valence-corrected chi connectivity index (χ0v) is 60.8. The highest BCUT2D eigenvalue weighted by Crippen LogP contribution is 2.68. The van der Waals surface area contributed by atoms with Crippen molar-refractivity contribution in [2.24, 2.45) is 46.3 Å². The van der Waals surface area contributed by atoms with E-state index < -0.39 is 60.2 Å². The minimum absolute atomic E-state index is 0.0826. The Balaban J connectivity index is 1.07. The van der Waals surface area contributed by atoms with Gasteiger partial charge >= 0.3 is 25.7 Å². The summed E-state index contributed by atoms with van der Waals surface area (Å²) in [6.07, 6.45) is 46.8. The molecular formula is C73H133N2O16PS. The highest BCUT2D eigenvalue weighted by Gasteiger charge is 2.60. The summed E-state index contributed by atoms with van der Waals surface area (Å²) in [4.78, 5) is 74.0. The monoisotopic (exact) mass is 1360 g/mol. The average molecular weight is 1360 g/mol. The molecule has 11 atom stereocenters. The van der Waals surface area contributed by atoms with Crippen LogP contribution in [0.15, 0.2) is 0 Å². The normalized spacial score (nSPS) is 24.0. The fourth-order valence-corrected chi connectivity index (χ4v) is 17.6. The molecule has 2 amide bonds. The number of carbonyl (C=O) groups excluding carboxylic acids is 5. The van der Waals surface area contributed by atoms with Crippen molar-refractivity contribution in [2.75, 3.05) is 51.9 Å². The minimum Gasteiger partial charge on any atom is -0.463 e. The number of rotatable bonds is 56. The maximum absolute atomic E-state index is 13.0. The first kappa shape index (κ1) is 82.8. The third-order valence-corrected chi connectivity index (χ3v) is 23.6. The quantitative estimate of drug-likeness (QED) is 0.0145. The number of amides is 2. The van der Waals surface area contributed by atoms with Gasteiger partial charge in [-0.15, -0.1) is 0 Å². The molecule has 3 unspecified atom stereocenters. The molecule has 0 radical (unpaired) electrons. The number of esters is 3. The fraction of sp³-hybridized carbons (Fsp3) is 0.932. The van der Waals surface area contributed by atoms with Crippen molar-refractivity contribution >= 4 is 47.7 Å². The minimum atomic E-state index is -4.68. The molecule has 4 N–H and O–H groups in total. The van der Waals surface area contributed by atoms with E-state index in [0.717, 1.165) is 64.2 Å². The Morgan fingerprint density at radius 2 is 1.02 bits per heavy atom. The molecule has 93 heavy (non-hydrogen) atoms. The first-order valence-corrected chi connectivity index (χ1v) is 41.0. The van der Waals surface area contributed by atoms with E-state index in [-0.39, 0.29) is 88.0 Å². The van der Waals surface area contributed by atoms with Gasteiger partial charge in [-0.05, 0) is 123 Å². The van der Waals surface area contributed by atoms with Gasteiger partial charge in [-0.25, -0.2) is 4.57 Å². The van der Waals surface area contributed by atoms with E-state index in [2.05, 4.69) is 45.3 Å². The number of nitrogens with one attached hydrogen (secondary N) is 2. The lowest BCUT2D eigenvalue weighted by Crippen LogP contribution is -2.54. The van der Waals surface area contributed by atoms with Crippen LogP contribution in [0.3, 0.4) is 0 Å². The van der Waals surface area contributed by atoms with E-state index in [1.165, 1.54) is 180 Å². The summed E-state index contributed by atoms with van der Waals surface area (Å²) in [6, 6.07) is 0. The van der Waals surface area contributed by atoms with Gasteiger partial charge in [0.15, 0.2) is 6.10 Å². The van der Waals surface area contributed by atoms with Crippen molar-refractivity contribution in [1.29, 1.82) is 0 Å². The van der Waals surface area contributed by atoms with Crippen molar-refractivity contribution in [3.8, 4) is 0 Å². The maximum atomic E-state index is 13.0. The van der Waals surface area contributed by atoms with E-state index in [0.29, 0.717) is 54.8 Å². The zero-order valence-electron chi connectivity index (χ0n) is 59.1. The number of carbonyl (C=O) groups is 5. The Bertz CT molecular complexity index is 2240. The summed E-state index contributed by atoms with van der Waals surface area (Å²) in [5.74, 6) is 0.984.